The van der Waals surface area contributed by atoms with Crippen molar-refractivity contribution in [1.29, 1.82) is 0 Å². The summed E-state index contributed by atoms with van der Waals surface area (Å²) in [7, 11) is 0. The molecule has 0 aliphatic heterocycles. The number of hydrogen-bond donors (Lipinski definition) is 2. The number of carbonyl (C=O) groups is 1. The van der Waals surface area contributed by atoms with Crippen molar-refractivity contribution in [2.24, 2.45) is 5.73 Å². The Hall–Kier alpha value is -1.23. The average molecular weight is 374 g/mol. The molecule has 2 aromatic carbocycles. The van der Waals surface area contributed by atoms with Crippen LogP contribution in [0, 0.1) is 0 Å². The van der Waals surface area contributed by atoms with E-state index in [1.54, 1.807) is 24.3 Å². The standard InChI is InChI=1S/C14H11BrCl2N2O/c15-13-10(16)2-1-3-12(13)19-7-9-5-4-8(14(18)20)6-11(9)17/h1-6,19H,7H2,(H2,18,20). The fraction of sp³-hybridized carbons (Fsp3) is 0.0714. The van der Waals surface area contributed by atoms with Gasteiger partial charge in [-0.3, -0.25) is 4.79 Å². The molecule has 3 nitrogen and oxygen atoms in total. The molecule has 2 rings (SSSR count). The van der Waals surface area contributed by atoms with Gasteiger partial charge in [0.05, 0.1) is 15.2 Å². The van der Waals surface area contributed by atoms with Gasteiger partial charge in [-0.05, 0) is 45.8 Å². The molecule has 0 saturated heterocycles. The fourth-order valence-corrected chi connectivity index (χ4v) is 2.50. The summed E-state index contributed by atoms with van der Waals surface area (Å²) in [6, 6.07) is 10.5. The summed E-state index contributed by atoms with van der Waals surface area (Å²) in [6.07, 6.45) is 0. The normalized spacial score (nSPS) is 10.3. The van der Waals surface area contributed by atoms with Crippen LogP contribution in [-0.2, 0) is 6.54 Å². The predicted octanol–water partition coefficient (Wildman–Crippen LogP) is 4.47. The first-order chi connectivity index (χ1) is 9.49. The van der Waals surface area contributed by atoms with Crippen LogP contribution >= 0.6 is 39.1 Å². The van der Waals surface area contributed by atoms with E-state index in [1.165, 1.54) is 0 Å². The van der Waals surface area contributed by atoms with Gasteiger partial charge in [-0.15, -0.1) is 0 Å². The van der Waals surface area contributed by atoms with E-state index >= 15 is 0 Å². The van der Waals surface area contributed by atoms with Crippen LogP contribution in [0.15, 0.2) is 40.9 Å². The molecule has 0 aliphatic rings. The van der Waals surface area contributed by atoms with Crippen molar-refractivity contribution < 1.29 is 4.79 Å². The molecule has 0 radical (unpaired) electrons. The van der Waals surface area contributed by atoms with Gasteiger partial charge < -0.3 is 11.1 Å². The molecule has 20 heavy (non-hydrogen) atoms. The highest BCUT2D eigenvalue weighted by atomic mass is 79.9. The second-order valence-electron chi connectivity index (χ2n) is 4.13. The number of nitrogens with one attached hydrogen (secondary N) is 1. The molecule has 104 valence electrons. The van der Waals surface area contributed by atoms with Gasteiger partial charge in [0.25, 0.3) is 0 Å². The summed E-state index contributed by atoms with van der Waals surface area (Å²) < 4.78 is 0.798. The minimum atomic E-state index is -0.496. The molecule has 6 heteroatoms. The van der Waals surface area contributed by atoms with Crippen LogP contribution in [0.1, 0.15) is 15.9 Å². The zero-order valence-corrected chi connectivity index (χ0v) is 13.4. The van der Waals surface area contributed by atoms with E-state index in [2.05, 4.69) is 21.2 Å². The number of primary amides is 1. The molecule has 0 atom stereocenters. The molecule has 0 saturated carbocycles. The van der Waals surface area contributed by atoms with Gasteiger partial charge in [-0.2, -0.15) is 0 Å². The van der Waals surface area contributed by atoms with Crippen LogP contribution in [0.25, 0.3) is 0 Å². The Morgan fingerprint density at radius 1 is 1.20 bits per heavy atom. The van der Waals surface area contributed by atoms with Crippen molar-refractivity contribution >= 4 is 50.7 Å². The van der Waals surface area contributed by atoms with Crippen molar-refractivity contribution in [2.75, 3.05) is 5.32 Å². The Morgan fingerprint density at radius 3 is 2.60 bits per heavy atom. The maximum atomic E-state index is 11.1. The summed E-state index contributed by atoms with van der Waals surface area (Å²) in [5.41, 5.74) is 7.32. The summed E-state index contributed by atoms with van der Waals surface area (Å²) in [4.78, 5) is 11.1. The zero-order valence-electron chi connectivity index (χ0n) is 10.3. The third-order valence-corrected chi connectivity index (χ3v) is 4.51. The number of amides is 1. The van der Waals surface area contributed by atoms with E-state index in [1.807, 2.05) is 12.1 Å². The first-order valence-corrected chi connectivity index (χ1v) is 7.30. The Kier molecular flexibility index (Phi) is 4.91. The van der Waals surface area contributed by atoms with Crippen LogP contribution in [-0.4, -0.2) is 5.91 Å². The van der Waals surface area contributed by atoms with Crippen molar-refractivity contribution in [3.05, 3.63) is 62.0 Å². The highest BCUT2D eigenvalue weighted by molar-refractivity contribution is 9.10. The van der Waals surface area contributed by atoms with Gasteiger partial charge >= 0.3 is 0 Å². The molecule has 0 bridgehead atoms. The number of halogens is 3. The average Bonchev–Trinajstić information content (AvgIpc) is 2.41. The lowest BCUT2D eigenvalue weighted by molar-refractivity contribution is 0.100. The van der Waals surface area contributed by atoms with Gasteiger partial charge in [0, 0.05) is 17.1 Å². The highest BCUT2D eigenvalue weighted by Crippen LogP contribution is 2.30. The van der Waals surface area contributed by atoms with Crippen LogP contribution in [0.5, 0.6) is 0 Å². The Morgan fingerprint density at radius 2 is 1.95 bits per heavy atom. The summed E-state index contributed by atoms with van der Waals surface area (Å²) in [5, 5.41) is 4.35. The van der Waals surface area contributed by atoms with E-state index < -0.39 is 5.91 Å². The number of benzene rings is 2. The maximum Gasteiger partial charge on any atom is 0.248 e. The molecule has 2 aromatic rings. The smallest absolute Gasteiger partial charge is 0.248 e. The van der Waals surface area contributed by atoms with Crippen molar-refractivity contribution in [3.63, 3.8) is 0 Å². The Labute approximate surface area is 135 Å². The zero-order chi connectivity index (χ0) is 14.7. The van der Waals surface area contributed by atoms with E-state index in [-0.39, 0.29) is 0 Å². The lowest BCUT2D eigenvalue weighted by atomic mass is 10.1. The largest absolute Gasteiger partial charge is 0.380 e. The van der Waals surface area contributed by atoms with Gasteiger partial charge in [0.2, 0.25) is 5.91 Å². The molecule has 3 N–H and O–H groups in total. The molecule has 0 heterocycles. The highest BCUT2D eigenvalue weighted by Gasteiger charge is 2.07. The second-order valence-corrected chi connectivity index (χ2v) is 5.73. The van der Waals surface area contributed by atoms with Gasteiger partial charge in [-0.1, -0.05) is 35.3 Å². The third kappa shape index (κ3) is 3.45. The van der Waals surface area contributed by atoms with E-state index in [0.29, 0.717) is 22.2 Å². The first kappa shape index (κ1) is 15.2. The Bertz CT molecular complexity index is 662. The number of hydrogen-bond acceptors (Lipinski definition) is 2. The van der Waals surface area contributed by atoms with E-state index in [4.69, 9.17) is 28.9 Å². The molecule has 0 aliphatic carbocycles. The monoisotopic (exact) mass is 372 g/mol. The first-order valence-electron chi connectivity index (χ1n) is 5.75. The van der Waals surface area contributed by atoms with Crippen molar-refractivity contribution in [2.45, 2.75) is 6.54 Å². The lowest BCUT2D eigenvalue weighted by Gasteiger charge is -2.11. The molecule has 0 aromatic heterocycles. The Balaban J connectivity index is 2.15. The fourth-order valence-electron chi connectivity index (χ4n) is 1.67. The van der Waals surface area contributed by atoms with E-state index in [0.717, 1.165) is 15.7 Å². The minimum Gasteiger partial charge on any atom is -0.380 e. The molecule has 1 amide bonds. The van der Waals surface area contributed by atoms with Crippen LogP contribution < -0.4 is 11.1 Å². The predicted molar refractivity (Wildman–Crippen MR) is 86.4 cm³/mol. The second kappa shape index (κ2) is 6.48. The molecular weight excluding hydrogens is 363 g/mol. The summed E-state index contributed by atoms with van der Waals surface area (Å²) in [6.45, 7) is 0.511. The molecule has 0 unspecified atom stereocenters. The van der Waals surface area contributed by atoms with Crippen LogP contribution in [0.2, 0.25) is 10.0 Å². The summed E-state index contributed by atoms with van der Waals surface area (Å²) >= 11 is 15.6. The summed E-state index contributed by atoms with van der Waals surface area (Å²) in [5.74, 6) is -0.496. The number of carbonyl (C=O) groups excluding carboxylic acids is 1. The minimum absolute atomic E-state index is 0.391. The number of anilines is 1. The molecular formula is C14H11BrCl2N2O. The van der Waals surface area contributed by atoms with Gasteiger partial charge in [0.1, 0.15) is 0 Å². The molecule has 0 fully saturated rings. The topological polar surface area (TPSA) is 55.1 Å². The van der Waals surface area contributed by atoms with Gasteiger partial charge in [0.15, 0.2) is 0 Å². The van der Waals surface area contributed by atoms with Crippen molar-refractivity contribution in [3.8, 4) is 0 Å². The van der Waals surface area contributed by atoms with Crippen LogP contribution in [0.3, 0.4) is 0 Å². The number of rotatable bonds is 4. The lowest BCUT2D eigenvalue weighted by Crippen LogP contribution is -2.11. The van der Waals surface area contributed by atoms with Crippen molar-refractivity contribution in [1.82, 2.24) is 0 Å². The maximum absolute atomic E-state index is 11.1. The number of nitrogens with two attached hydrogens (primary N) is 1. The van der Waals surface area contributed by atoms with Gasteiger partial charge in [-0.25, -0.2) is 0 Å². The van der Waals surface area contributed by atoms with E-state index in [9.17, 15) is 4.79 Å². The quantitative estimate of drug-likeness (QED) is 0.830. The molecule has 0 spiro atoms. The van der Waals surface area contributed by atoms with Crippen LogP contribution in [0.4, 0.5) is 5.69 Å². The SMILES string of the molecule is NC(=O)c1ccc(CNc2cccc(Cl)c2Br)c(Cl)c1. The third-order valence-electron chi connectivity index (χ3n) is 2.76.